The summed E-state index contributed by atoms with van der Waals surface area (Å²) in [6.07, 6.45) is 1.64. The molecule has 1 amide bonds. The molecule has 0 spiro atoms. The van der Waals surface area contributed by atoms with Crippen LogP contribution in [-0.2, 0) is 13.1 Å². The smallest absolute Gasteiger partial charge is 0.254 e. The van der Waals surface area contributed by atoms with E-state index in [0.717, 1.165) is 16.9 Å². The highest BCUT2D eigenvalue weighted by atomic mass is 16.3. The number of aryl methyl sites for hydroxylation is 2. The van der Waals surface area contributed by atoms with Gasteiger partial charge in [0.2, 0.25) is 0 Å². The maximum atomic E-state index is 13.0. The number of rotatable bonds is 5. The van der Waals surface area contributed by atoms with E-state index >= 15 is 0 Å². The fourth-order valence-corrected chi connectivity index (χ4v) is 2.65. The molecule has 0 unspecified atom stereocenters. The van der Waals surface area contributed by atoms with E-state index in [1.165, 1.54) is 5.56 Å². The van der Waals surface area contributed by atoms with Crippen molar-refractivity contribution in [2.24, 2.45) is 0 Å². The van der Waals surface area contributed by atoms with Crippen molar-refractivity contribution in [2.45, 2.75) is 26.9 Å². The molecular weight excluding hydrogens is 298 g/mol. The third kappa shape index (κ3) is 3.74. The molecule has 0 saturated carbocycles. The summed E-state index contributed by atoms with van der Waals surface area (Å²) in [6.45, 7) is 5.08. The first kappa shape index (κ1) is 16.1. The normalized spacial score (nSPS) is 10.6. The topological polar surface area (TPSA) is 33.5 Å². The molecule has 3 nitrogen and oxygen atoms in total. The summed E-state index contributed by atoms with van der Waals surface area (Å²) in [5, 5.41) is 0. The highest BCUT2D eigenvalue weighted by Gasteiger charge is 2.18. The van der Waals surface area contributed by atoms with Crippen molar-refractivity contribution in [2.75, 3.05) is 0 Å². The third-order valence-corrected chi connectivity index (χ3v) is 4.18. The summed E-state index contributed by atoms with van der Waals surface area (Å²) in [5.41, 5.74) is 4.12. The van der Waals surface area contributed by atoms with E-state index in [1.54, 1.807) is 6.26 Å². The molecule has 122 valence electrons. The van der Waals surface area contributed by atoms with Crippen LogP contribution in [0.4, 0.5) is 0 Å². The number of carbonyl (C=O) groups excluding carboxylic acids is 1. The summed E-state index contributed by atoms with van der Waals surface area (Å²) in [4.78, 5) is 14.8. The van der Waals surface area contributed by atoms with Crippen LogP contribution in [0.1, 0.15) is 32.8 Å². The van der Waals surface area contributed by atoms with Gasteiger partial charge in [0, 0.05) is 12.1 Å². The molecule has 3 rings (SSSR count). The number of benzene rings is 2. The van der Waals surface area contributed by atoms with Crippen molar-refractivity contribution in [3.63, 3.8) is 0 Å². The Morgan fingerprint density at radius 2 is 1.71 bits per heavy atom. The van der Waals surface area contributed by atoms with Crippen molar-refractivity contribution < 1.29 is 9.21 Å². The molecule has 0 radical (unpaired) electrons. The van der Waals surface area contributed by atoms with Crippen molar-refractivity contribution in [1.82, 2.24) is 4.90 Å². The van der Waals surface area contributed by atoms with Crippen LogP contribution >= 0.6 is 0 Å². The highest BCUT2D eigenvalue weighted by molar-refractivity contribution is 5.94. The summed E-state index contributed by atoms with van der Waals surface area (Å²) < 4.78 is 5.44. The van der Waals surface area contributed by atoms with E-state index in [0.29, 0.717) is 18.7 Å². The number of hydrogen-bond acceptors (Lipinski definition) is 2. The number of carbonyl (C=O) groups is 1. The number of hydrogen-bond donors (Lipinski definition) is 0. The van der Waals surface area contributed by atoms with Gasteiger partial charge in [0.1, 0.15) is 5.76 Å². The van der Waals surface area contributed by atoms with Gasteiger partial charge in [-0.05, 0) is 54.8 Å². The molecule has 0 atom stereocenters. The molecule has 0 N–H and O–H groups in total. The molecule has 0 aliphatic heterocycles. The van der Waals surface area contributed by atoms with Crippen molar-refractivity contribution >= 4 is 5.91 Å². The lowest BCUT2D eigenvalue weighted by molar-refractivity contribution is 0.0717. The van der Waals surface area contributed by atoms with Gasteiger partial charge in [-0.15, -0.1) is 0 Å². The van der Waals surface area contributed by atoms with Gasteiger partial charge in [0.25, 0.3) is 5.91 Å². The molecule has 0 fully saturated rings. The summed E-state index contributed by atoms with van der Waals surface area (Å²) in [5.74, 6) is 0.793. The Morgan fingerprint density at radius 1 is 0.917 bits per heavy atom. The Hall–Kier alpha value is -2.81. The van der Waals surface area contributed by atoms with Crippen LogP contribution in [-0.4, -0.2) is 10.8 Å². The van der Waals surface area contributed by atoms with Gasteiger partial charge in [0.05, 0.1) is 12.8 Å². The van der Waals surface area contributed by atoms with E-state index in [2.05, 4.69) is 0 Å². The zero-order chi connectivity index (χ0) is 16.9. The van der Waals surface area contributed by atoms with Crippen LogP contribution in [0.25, 0.3) is 0 Å². The van der Waals surface area contributed by atoms with E-state index in [1.807, 2.05) is 79.4 Å². The maximum absolute atomic E-state index is 13.0. The Bertz CT molecular complexity index is 807. The van der Waals surface area contributed by atoms with Crippen molar-refractivity contribution in [3.05, 3.63) is 94.9 Å². The summed E-state index contributed by atoms with van der Waals surface area (Å²) in [7, 11) is 0. The van der Waals surface area contributed by atoms with Crippen LogP contribution in [0.2, 0.25) is 0 Å². The molecule has 1 aromatic heterocycles. The average Bonchev–Trinajstić information content (AvgIpc) is 3.10. The Kier molecular flexibility index (Phi) is 4.80. The van der Waals surface area contributed by atoms with Crippen LogP contribution in [0.5, 0.6) is 0 Å². The van der Waals surface area contributed by atoms with Gasteiger partial charge in [-0.2, -0.15) is 0 Å². The lowest BCUT2D eigenvalue weighted by Crippen LogP contribution is -2.30. The van der Waals surface area contributed by atoms with Crippen LogP contribution < -0.4 is 0 Å². The maximum Gasteiger partial charge on any atom is 0.254 e. The Labute approximate surface area is 142 Å². The predicted octanol–water partition coefficient (Wildman–Crippen LogP) is 4.74. The van der Waals surface area contributed by atoms with Gasteiger partial charge < -0.3 is 9.32 Å². The number of nitrogens with zero attached hydrogens (tertiary/aromatic N) is 1. The molecule has 0 aliphatic carbocycles. The van der Waals surface area contributed by atoms with E-state index in [4.69, 9.17) is 4.42 Å². The molecule has 1 heterocycles. The fourth-order valence-electron chi connectivity index (χ4n) is 2.65. The molecule has 3 heteroatoms. The molecule has 0 aliphatic rings. The molecule has 0 saturated heterocycles. The zero-order valence-corrected chi connectivity index (χ0v) is 14.0. The van der Waals surface area contributed by atoms with E-state index in [9.17, 15) is 4.79 Å². The first-order chi connectivity index (χ1) is 11.6. The van der Waals surface area contributed by atoms with E-state index < -0.39 is 0 Å². The lowest BCUT2D eigenvalue weighted by Gasteiger charge is -2.22. The second kappa shape index (κ2) is 7.18. The molecular formula is C21H21NO2. The fraction of sp³-hybridized carbons (Fsp3) is 0.190. The lowest BCUT2D eigenvalue weighted by atomic mass is 10.1. The summed E-state index contributed by atoms with van der Waals surface area (Å²) >= 11 is 0. The van der Waals surface area contributed by atoms with Gasteiger partial charge in [0.15, 0.2) is 0 Å². The molecule has 0 bridgehead atoms. The van der Waals surface area contributed by atoms with Crippen molar-refractivity contribution in [3.8, 4) is 0 Å². The summed E-state index contributed by atoms with van der Waals surface area (Å²) in [6, 6.07) is 19.6. The highest BCUT2D eigenvalue weighted by Crippen LogP contribution is 2.17. The van der Waals surface area contributed by atoms with Crippen LogP contribution in [0.3, 0.4) is 0 Å². The third-order valence-electron chi connectivity index (χ3n) is 4.18. The Balaban J connectivity index is 1.87. The second-order valence-corrected chi connectivity index (χ2v) is 6.03. The largest absolute Gasteiger partial charge is 0.467 e. The van der Waals surface area contributed by atoms with Crippen LogP contribution in [0.15, 0.2) is 71.3 Å². The monoisotopic (exact) mass is 319 g/mol. The molecule has 24 heavy (non-hydrogen) atoms. The number of furan rings is 1. The molecule has 3 aromatic rings. The van der Waals surface area contributed by atoms with Gasteiger partial charge in [-0.25, -0.2) is 0 Å². The minimum Gasteiger partial charge on any atom is -0.467 e. The minimum atomic E-state index is 0.0124. The van der Waals surface area contributed by atoms with E-state index in [-0.39, 0.29) is 5.91 Å². The van der Waals surface area contributed by atoms with Crippen LogP contribution in [0, 0.1) is 13.8 Å². The van der Waals surface area contributed by atoms with Gasteiger partial charge in [-0.1, -0.05) is 36.4 Å². The van der Waals surface area contributed by atoms with Gasteiger partial charge in [-0.3, -0.25) is 4.79 Å². The first-order valence-corrected chi connectivity index (χ1v) is 8.06. The Morgan fingerprint density at radius 3 is 2.38 bits per heavy atom. The SMILES string of the molecule is Cc1ccc(C(=O)N(Cc2ccccc2)Cc2ccco2)cc1C. The predicted molar refractivity (Wildman–Crippen MR) is 94.6 cm³/mol. The number of amides is 1. The average molecular weight is 319 g/mol. The quantitative estimate of drug-likeness (QED) is 0.680. The van der Waals surface area contributed by atoms with Gasteiger partial charge >= 0.3 is 0 Å². The first-order valence-electron chi connectivity index (χ1n) is 8.06. The van der Waals surface area contributed by atoms with Crippen molar-refractivity contribution in [1.29, 1.82) is 0 Å². The zero-order valence-electron chi connectivity index (χ0n) is 14.0. The second-order valence-electron chi connectivity index (χ2n) is 6.03. The molecule has 2 aromatic carbocycles. The minimum absolute atomic E-state index is 0.0124. The standard InChI is InChI=1S/C21H21NO2/c1-16-10-11-19(13-17(16)2)21(23)22(15-20-9-6-12-24-20)14-18-7-4-3-5-8-18/h3-13H,14-15H2,1-2H3.